The van der Waals surface area contributed by atoms with Gasteiger partial charge in [-0.15, -0.1) is 0 Å². The van der Waals surface area contributed by atoms with Crippen molar-refractivity contribution in [1.82, 2.24) is 19.7 Å². The number of halogens is 2. The molecular formula is C26H30ClFN4O. The molecule has 2 aromatic carbocycles. The Morgan fingerprint density at radius 3 is 2.39 bits per heavy atom. The second-order valence-electron chi connectivity index (χ2n) is 9.54. The molecule has 0 saturated carbocycles. The van der Waals surface area contributed by atoms with Gasteiger partial charge in [-0.25, -0.2) is 9.18 Å². The van der Waals surface area contributed by atoms with E-state index in [0.717, 1.165) is 48.1 Å². The van der Waals surface area contributed by atoms with Crippen molar-refractivity contribution >= 4 is 28.5 Å². The highest BCUT2D eigenvalue weighted by atomic mass is 35.5. The maximum atomic E-state index is 13.7. The zero-order valence-electron chi connectivity index (χ0n) is 19.4. The van der Waals surface area contributed by atoms with E-state index in [2.05, 4.69) is 34.8 Å². The van der Waals surface area contributed by atoms with Crippen LogP contribution in [0.1, 0.15) is 45.6 Å². The maximum Gasteiger partial charge on any atom is 0.319 e. The lowest BCUT2D eigenvalue weighted by Crippen LogP contribution is -2.65. The number of benzene rings is 2. The summed E-state index contributed by atoms with van der Waals surface area (Å²) in [4.78, 5) is 17.6. The molecular weight excluding hydrogens is 439 g/mol. The Balaban J connectivity index is 1.81. The van der Waals surface area contributed by atoms with E-state index in [1.165, 1.54) is 18.6 Å². The number of likely N-dealkylation sites (tertiary alicyclic amines) is 1. The van der Waals surface area contributed by atoms with Crippen molar-refractivity contribution in [2.45, 2.75) is 51.2 Å². The Morgan fingerprint density at radius 1 is 1.06 bits per heavy atom. The highest BCUT2D eigenvalue weighted by Crippen LogP contribution is 2.48. The van der Waals surface area contributed by atoms with Crippen molar-refractivity contribution in [3.8, 4) is 5.69 Å². The molecule has 0 radical (unpaired) electrons. The number of carbonyl (C=O) groups is 1. The number of carbonyl (C=O) groups excluding carboxylic acids is 1. The normalized spacial score (nSPS) is 23.3. The average molecular weight is 469 g/mol. The van der Waals surface area contributed by atoms with Gasteiger partial charge in [-0.1, -0.05) is 18.0 Å². The highest BCUT2D eigenvalue weighted by molar-refractivity contribution is 6.31. The lowest BCUT2D eigenvalue weighted by atomic mass is 9.79. The fraction of sp³-hybridized carbons (Fsp3) is 0.423. The summed E-state index contributed by atoms with van der Waals surface area (Å²) in [5, 5.41) is 5.06. The van der Waals surface area contributed by atoms with E-state index in [0.29, 0.717) is 11.6 Å². The smallest absolute Gasteiger partial charge is 0.316 e. The van der Waals surface area contributed by atoms with Crippen molar-refractivity contribution < 1.29 is 9.18 Å². The summed E-state index contributed by atoms with van der Waals surface area (Å²) in [5.74, 6) is -0.272. The molecule has 1 atom stereocenters. The SMILES string of the molecule is CCN1C(=O)NC(c2cn(-c3ccc(F)cc3)c3ccc(Cl)cc23)(N2CCCCC2)C1(C)C. The van der Waals surface area contributed by atoms with E-state index in [1.807, 2.05) is 30.0 Å². The lowest BCUT2D eigenvalue weighted by molar-refractivity contribution is -0.0251. The van der Waals surface area contributed by atoms with E-state index in [9.17, 15) is 9.18 Å². The molecule has 5 rings (SSSR count). The number of amides is 2. The Labute approximate surface area is 199 Å². The molecule has 1 unspecified atom stereocenters. The molecule has 33 heavy (non-hydrogen) atoms. The largest absolute Gasteiger partial charge is 0.319 e. The summed E-state index contributed by atoms with van der Waals surface area (Å²) >= 11 is 6.49. The van der Waals surface area contributed by atoms with Gasteiger partial charge >= 0.3 is 6.03 Å². The predicted octanol–water partition coefficient (Wildman–Crippen LogP) is 5.89. The molecule has 1 N–H and O–H groups in total. The number of hydrogen-bond acceptors (Lipinski definition) is 2. The van der Waals surface area contributed by atoms with Gasteiger partial charge in [0.05, 0.1) is 11.1 Å². The zero-order chi connectivity index (χ0) is 23.4. The topological polar surface area (TPSA) is 40.5 Å². The van der Waals surface area contributed by atoms with Crippen molar-refractivity contribution in [2.24, 2.45) is 0 Å². The third-order valence-electron chi connectivity index (χ3n) is 7.50. The molecule has 2 aliphatic heterocycles. The van der Waals surface area contributed by atoms with E-state index < -0.39 is 11.2 Å². The lowest BCUT2D eigenvalue weighted by Gasteiger charge is -2.51. The molecule has 2 fully saturated rings. The van der Waals surface area contributed by atoms with Crippen LogP contribution in [0.15, 0.2) is 48.7 Å². The van der Waals surface area contributed by atoms with Gasteiger partial charge in [0.2, 0.25) is 0 Å². The third kappa shape index (κ3) is 3.26. The van der Waals surface area contributed by atoms with Gasteiger partial charge in [-0.3, -0.25) is 4.90 Å². The van der Waals surface area contributed by atoms with Crippen LogP contribution in [0.5, 0.6) is 0 Å². The molecule has 2 amide bonds. The number of aromatic nitrogens is 1. The molecule has 2 aliphatic rings. The van der Waals surface area contributed by atoms with E-state index >= 15 is 0 Å². The quantitative estimate of drug-likeness (QED) is 0.519. The summed E-state index contributed by atoms with van der Waals surface area (Å²) in [6, 6.07) is 12.3. The Kier molecular flexibility index (Phi) is 5.41. The van der Waals surface area contributed by atoms with Crippen molar-refractivity contribution in [2.75, 3.05) is 19.6 Å². The van der Waals surface area contributed by atoms with Crippen LogP contribution in [0.2, 0.25) is 5.02 Å². The van der Waals surface area contributed by atoms with Gasteiger partial charge in [0.25, 0.3) is 0 Å². The second-order valence-corrected chi connectivity index (χ2v) is 9.98. The number of rotatable bonds is 4. The molecule has 5 nitrogen and oxygen atoms in total. The predicted molar refractivity (Wildman–Crippen MR) is 130 cm³/mol. The molecule has 1 aromatic heterocycles. The highest BCUT2D eigenvalue weighted by Gasteiger charge is 2.61. The second kappa shape index (κ2) is 8.03. The minimum atomic E-state index is -0.727. The molecule has 0 aliphatic carbocycles. The van der Waals surface area contributed by atoms with Crippen molar-refractivity contribution in [1.29, 1.82) is 0 Å². The van der Waals surface area contributed by atoms with Gasteiger partial charge in [-0.05, 0) is 76.1 Å². The summed E-state index contributed by atoms with van der Waals surface area (Å²) in [6.07, 6.45) is 5.49. The first kappa shape index (κ1) is 22.2. The summed E-state index contributed by atoms with van der Waals surface area (Å²) in [5.41, 5.74) is 1.60. The standard InChI is InChI=1S/C26H30ClFN4O/c1-4-32-24(33)29-26(25(32,2)3,30-14-6-5-7-15-30)22-17-31(20-11-9-19(28)10-12-20)23-13-8-18(27)16-21(22)23/h8-13,16-17H,4-7,14-15H2,1-3H3,(H,29,33). The molecule has 3 heterocycles. The average Bonchev–Trinajstić information content (AvgIpc) is 3.26. The number of nitrogens with zero attached hydrogens (tertiary/aromatic N) is 3. The first-order valence-electron chi connectivity index (χ1n) is 11.7. The Morgan fingerprint density at radius 2 is 1.76 bits per heavy atom. The van der Waals surface area contributed by atoms with Crippen LogP contribution in [0.4, 0.5) is 9.18 Å². The van der Waals surface area contributed by atoms with E-state index in [4.69, 9.17) is 11.6 Å². The number of fused-ring (bicyclic) bond motifs is 1. The third-order valence-corrected chi connectivity index (χ3v) is 7.74. The Bertz CT molecular complexity index is 1200. The van der Waals surface area contributed by atoms with Crippen LogP contribution in [-0.4, -0.2) is 45.6 Å². The van der Waals surface area contributed by atoms with Crippen molar-refractivity contribution in [3.05, 3.63) is 65.1 Å². The van der Waals surface area contributed by atoms with Gasteiger partial charge < -0.3 is 14.8 Å². The number of likely N-dealkylation sites (N-methyl/N-ethyl adjacent to an activating group) is 1. The van der Waals surface area contributed by atoms with Crippen LogP contribution >= 0.6 is 11.6 Å². The maximum absolute atomic E-state index is 13.7. The first-order valence-corrected chi connectivity index (χ1v) is 12.1. The van der Waals surface area contributed by atoms with E-state index in [-0.39, 0.29) is 11.8 Å². The van der Waals surface area contributed by atoms with Crippen LogP contribution in [0, 0.1) is 5.82 Å². The molecule has 0 bridgehead atoms. The molecule has 2 saturated heterocycles. The fourth-order valence-electron chi connectivity index (χ4n) is 5.93. The van der Waals surface area contributed by atoms with Gasteiger partial charge in [0, 0.05) is 47.5 Å². The van der Waals surface area contributed by atoms with E-state index in [1.54, 1.807) is 12.1 Å². The molecule has 174 valence electrons. The monoisotopic (exact) mass is 468 g/mol. The summed E-state index contributed by atoms with van der Waals surface area (Å²) in [6.45, 7) is 8.75. The minimum absolute atomic E-state index is 0.0576. The van der Waals surface area contributed by atoms with Crippen LogP contribution in [0.3, 0.4) is 0 Å². The van der Waals surface area contributed by atoms with Gasteiger partial charge in [0.15, 0.2) is 0 Å². The minimum Gasteiger partial charge on any atom is -0.316 e. The van der Waals surface area contributed by atoms with Gasteiger partial charge in [-0.2, -0.15) is 0 Å². The summed E-state index contributed by atoms with van der Waals surface area (Å²) < 4.78 is 15.7. The fourth-order valence-corrected chi connectivity index (χ4v) is 6.10. The summed E-state index contributed by atoms with van der Waals surface area (Å²) in [7, 11) is 0. The number of piperidine rings is 1. The van der Waals surface area contributed by atoms with Crippen LogP contribution in [-0.2, 0) is 5.66 Å². The van der Waals surface area contributed by atoms with Gasteiger partial charge in [0.1, 0.15) is 11.5 Å². The number of hydrogen-bond donors (Lipinski definition) is 1. The molecule has 7 heteroatoms. The zero-order valence-corrected chi connectivity index (χ0v) is 20.1. The number of urea groups is 1. The first-order chi connectivity index (χ1) is 15.8. The van der Waals surface area contributed by atoms with Crippen LogP contribution < -0.4 is 5.32 Å². The van der Waals surface area contributed by atoms with Crippen LogP contribution in [0.25, 0.3) is 16.6 Å². The molecule has 0 spiro atoms. The Hall–Kier alpha value is -2.57. The van der Waals surface area contributed by atoms with Crippen molar-refractivity contribution in [3.63, 3.8) is 0 Å². The number of nitrogens with one attached hydrogen (secondary N) is 1. The molecule has 3 aromatic rings.